The summed E-state index contributed by atoms with van der Waals surface area (Å²) in [4.78, 5) is 7.14. The van der Waals surface area contributed by atoms with Gasteiger partial charge in [0.1, 0.15) is 33.5 Å². The summed E-state index contributed by atoms with van der Waals surface area (Å²) < 4.78 is 18.9. The molecule has 0 radical (unpaired) electrons. The SMILES string of the molecule is CC1(C)c2ccccc2-c2ccc(N(c3ccc(-c4ccccc4)cc3)c3ccc4oc5cccc6ccc3c4c65)cc21.c1ccc(-c2ccc(-c3ccc(N(c4ccc(-c5ccc(-c6ccccc6)cc5)cc4)c4ccc5oc6cccc7ccc4c5c76)cc3)cc2)cc1.c1ccc(-c2ccc(N(c3ccc(-c4ccccc4)cc3)c3ccc4oc5cccc6ccc3c4c65)cc2)cc1. The fourth-order valence-electron chi connectivity index (χ4n) is 20.9. The Hall–Kier alpha value is -17.6. The second-order valence-corrected chi connectivity index (χ2v) is 35.7. The van der Waals surface area contributed by atoms with E-state index < -0.39 is 0 Å². The average Bonchev–Trinajstić information content (AvgIpc) is 1.59. The van der Waals surface area contributed by atoms with Crippen molar-refractivity contribution >= 4 is 149 Å². The van der Waals surface area contributed by atoms with Crippen LogP contribution in [0.3, 0.4) is 0 Å². The van der Waals surface area contributed by atoms with Crippen molar-refractivity contribution in [1.82, 2.24) is 0 Å². The van der Waals surface area contributed by atoms with Gasteiger partial charge < -0.3 is 28.0 Å². The first-order valence-corrected chi connectivity index (χ1v) is 46.3. The standard InChI is InChI=1S/C50H33NO.C41H29NO.C38H25NO/c1-3-8-34(9-4-1)36-14-18-38(19-15-36)40-22-27-43(28-23-40)51(46-32-33-48-50-45(46)31-26-42-12-7-13-47(52-48)49(42)50)44-29-24-41(25-30-44)39-20-16-37(17-21-39)35-10-5-2-6-11-35;1-41(2)34-13-7-6-12-31(34)32-22-20-30(25-35(32)41)42(29-18-15-27(16-19-29)26-9-4-3-5-10-26)36-23-24-38-40-33(36)21-17-28-11-8-14-37(43-38)39(28)40;1-3-8-26(9-4-1)28-14-19-31(20-15-28)39(32-21-16-29(17-22-32)27-10-5-2-6-11-27)34-24-25-36-38-33(34)23-18-30-12-7-13-35(40-36)37(30)38/h1-33H;3-25H,1-2H3;1-25H. The number of anilines is 9. The first-order chi connectivity index (χ1) is 66.7. The summed E-state index contributed by atoms with van der Waals surface area (Å²) in [5.41, 5.74) is 37.8. The number of furan rings is 3. The van der Waals surface area contributed by atoms with E-state index in [-0.39, 0.29) is 5.41 Å². The minimum atomic E-state index is -0.0848. The number of fused-ring (bicyclic) bond motifs is 3. The summed E-state index contributed by atoms with van der Waals surface area (Å²) in [5.74, 6) is 0. The van der Waals surface area contributed by atoms with Gasteiger partial charge in [-0.15, -0.1) is 0 Å². The van der Waals surface area contributed by atoms with Crippen molar-refractivity contribution in [2.45, 2.75) is 19.3 Å². The lowest BCUT2D eigenvalue weighted by atomic mass is 9.82. The van der Waals surface area contributed by atoms with Crippen LogP contribution in [0.1, 0.15) is 25.0 Å². The zero-order valence-electron chi connectivity index (χ0n) is 74.3. The van der Waals surface area contributed by atoms with Gasteiger partial charge in [0, 0.05) is 88.0 Å². The number of rotatable bonds is 16. The normalized spacial score (nSPS) is 12.1. The molecule has 26 aromatic rings. The lowest BCUT2D eigenvalue weighted by Gasteiger charge is -2.29. The molecule has 0 fully saturated rings. The van der Waals surface area contributed by atoms with Gasteiger partial charge in [-0.05, 0) is 244 Å². The topological polar surface area (TPSA) is 49.1 Å². The number of hydrogen-bond acceptors (Lipinski definition) is 6. The first kappa shape index (κ1) is 79.6. The van der Waals surface area contributed by atoms with Crippen LogP contribution in [-0.2, 0) is 5.41 Å². The average molecular weight is 1730 g/mol. The molecule has 27 rings (SSSR count). The third-order valence-electron chi connectivity index (χ3n) is 27.6. The molecule has 0 spiro atoms. The summed E-state index contributed by atoms with van der Waals surface area (Å²) in [7, 11) is 0. The van der Waals surface area contributed by atoms with Crippen LogP contribution >= 0.6 is 0 Å². The molecule has 0 atom stereocenters. The highest BCUT2D eigenvalue weighted by Gasteiger charge is 2.37. The summed E-state index contributed by atoms with van der Waals surface area (Å²) in [6.07, 6.45) is 0. The summed E-state index contributed by atoms with van der Waals surface area (Å²) in [5, 5.41) is 14.2. The maximum absolute atomic E-state index is 6.34. The summed E-state index contributed by atoms with van der Waals surface area (Å²) in [6.45, 7) is 4.69. The van der Waals surface area contributed by atoms with E-state index >= 15 is 0 Å². The fourth-order valence-corrected chi connectivity index (χ4v) is 20.9. The highest BCUT2D eigenvalue weighted by molar-refractivity contribution is 6.27. The lowest BCUT2D eigenvalue weighted by Crippen LogP contribution is -2.16. The molecule has 1 aliphatic carbocycles. The van der Waals surface area contributed by atoms with E-state index in [0.29, 0.717) is 0 Å². The van der Waals surface area contributed by atoms with E-state index in [0.717, 1.165) is 90.1 Å². The van der Waals surface area contributed by atoms with Gasteiger partial charge in [0.15, 0.2) is 0 Å². The number of benzene rings is 23. The van der Waals surface area contributed by atoms with Crippen molar-refractivity contribution in [3.63, 3.8) is 0 Å². The third kappa shape index (κ3) is 14.1. The maximum atomic E-state index is 6.34. The third-order valence-corrected chi connectivity index (χ3v) is 27.6. The van der Waals surface area contributed by atoms with E-state index in [9.17, 15) is 0 Å². The molecular formula is C129H87N3O3. The Labute approximate surface area is 782 Å². The highest BCUT2D eigenvalue weighted by atomic mass is 16.3. The van der Waals surface area contributed by atoms with Crippen LogP contribution < -0.4 is 14.7 Å². The fraction of sp³-hybridized carbons (Fsp3) is 0.0233. The number of nitrogens with zero attached hydrogens (tertiary/aromatic N) is 3. The molecule has 3 heterocycles. The predicted octanol–water partition coefficient (Wildman–Crippen LogP) is 36.9. The molecule has 135 heavy (non-hydrogen) atoms. The van der Waals surface area contributed by atoms with E-state index in [4.69, 9.17) is 13.3 Å². The second kappa shape index (κ2) is 33.1. The van der Waals surface area contributed by atoms with Crippen molar-refractivity contribution in [3.05, 3.63) is 503 Å². The van der Waals surface area contributed by atoms with Crippen LogP contribution in [-0.4, -0.2) is 0 Å². The molecule has 0 bridgehead atoms. The van der Waals surface area contributed by atoms with E-state index in [2.05, 4.69) is 520 Å². The Morgan fingerprint density at radius 3 is 0.681 bits per heavy atom. The van der Waals surface area contributed by atoms with Crippen molar-refractivity contribution in [1.29, 1.82) is 0 Å². The Morgan fingerprint density at radius 2 is 0.393 bits per heavy atom. The lowest BCUT2D eigenvalue weighted by molar-refractivity contribution is 0.660. The first-order valence-electron chi connectivity index (χ1n) is 46.3. The van der Waals surface area contributed by atoms with Gasteiger partial charge in [0.25, 0.3) is 0 Å². The number of hydrogen-bond donors (Lipinski definition) is 0. The van der Waals surface area contributed by atoms with E-state index in [1.54, 1.807) is 0 Å². The summed E-state index contributed by atoms with van der Waals surface area (Å²) >= 11 is 0. The molecular weight excluding hydrogens is 1640 g/mol. The van der Waals surface area contributed by atoms with E-state index in [1.165, 1.54) is 159 Å². The van der Waals surface area contributed by atoms with Crippen LogP contribution in [0.15, 0.2) is 505 Å². The van der Waals surface area contributed by atoms with Crippen molar-refractivity contribution in [2.75, 3.05) is 14.7 Å². The van der Waals surface area contributed by atoms with Crippen molar-refractivity contribution in [2.24, 2.45) is 0 Å². The van der Waals surface area contributed by atoms with Gasteiger partial charge in [0.05, 0.1) is 17.1 Å². The van der Waals surface area contributed by atoms with Crippen LogP contribution in [0.25, 0.3) is 187 Å². The Morgan fingerprint density at radius 1 is 0.163 bits per heavy atom. The van der Waals surface area contributed by atoms with Gasteiger partial charge >= 0.3 is 0 Å². The van der Waals surface area contributed by atoms with Gasteiger partial charge in [-0.25, -0.2) is 0 Å². The maximum Gasteiger partial charge on any atom is 0.136 e. The Kier molecular flexibility index (Phi) is 19.5. The molecule has 0 N–H and O–H groups in total. The quantitative estimate of drug-likeness (QED) is 0.0899. The zero-order chi connectivity index (χ0) is 89.6. The van der Waals surface area contributed by atoms with Crippen molar-refractivity contribution < 1.29 is 13.3 Å². The smallest absolute Gasteiger partial charge is 0.136 e. The van der Waals surface area contributed by atoms with Gasteiger partial charge in [-0.2, -0.15) is 0 Å². The minimum absolute atomic E-state index is 0.0848. The van der Waals surface area contributed by atoms with Crippen LogP contribution in [0.5, 0.6) is 0 Å². The van der Waals surface area contributed by atoms with Crippen LogP contribution in [0, 0.1) is 0 Å². The second-order valence-electron chi connectivity index (χ2n) is 35.7. The molecule has 0 aliphatic heterocycles. The van der Waals surface area contributed by atoms with Gasteiger partial charge in [-0.3, -0.25) is 0 Å². The van der Waals surface area contributed by atoms with E-state index in [1.807, 2.05) is 0 Å². The minimum Gasteiger partial charge on any atom is -0.456 e. The van der Waals surface area contributed by atoms with Crippen LogP contribution in [0.4, 0.5) is 51.2 Å². The molecule has 1 aliphatic rings. The molecule has 0 amide bonds. The summed E-state index contributed by atoms with van der Waals surface area (Å²) in [6, 6.07) is 176. The van der Waals surface area contributed by atoms with Crippen LogP contribution in [0.2, 0.25) is 0 Å². The molecule has 0 saturated heterocycles. The van der Waals surface area contributed by atoms with Crippen molar-refractivity contribution in [3.8, 4) is 89.0 Å². The Bertz CT molecular complexity index is 8590. The highest BCUT2D eigenvalue weighted by Crippen LogP contribution is 2.54. The van der Waals surface area contributed by atoms with Gasteiger partial charge in [-0.1, -0.05) is 378 Å². The molecule has 6 nitrogen and oxygen atoms in total. The monoisotopic (exact) mass is 1730 g/mol. The molecule has 6 heteroatoms. The molecule has 0 unspecified atom stereocenters. The zero-order valence-corrected chi connectivity index (χ0v) is 74.3. The molecule has 0 saturated carbocycles. The molecule has 636 valence electrons. The predicted molar refractivity (Wildman–Crippen MR) is 567 cm³/mol. The molecule has 3 aromatic heterocycles. The van der Waals surface area contributed by atoms with Gasteiger partial charge in [0.2, 0.25) is 0 Å². The Balaban J connectivity index is 0.000000109. The molecule has 23 aromatic carbocycles. The largest absolute Gasteiger partial charge is 0.456 e.